The van der Waals surface area contributed by atoms with Gasteiger partial charge in [0, 0.05) is 11.6 Å². The second-order valence-electron chi connectivity index (χ2n) is 6.50. The van der Waals surface area contributed by atoms with Crippen LogP contribution in [-0.2, 0) is 4.79 Å². The second kappa shape index (κ2) is 8.31. The third kappa shape index (κ3) is 4.82. The van der Waals surface area contributed by atoms with Gasteiger partial charge in [-0.1, -0.05) is 50.2 Å². The summed E-state index contributed by atoms with van der Waals surface area (Å²) in [5.41, 5.74) is 8.28. The highest BCUT2D eigenvalue weighted by Crippen LogP contribution is 2.28. The summed E-state index contributed by atoms with van der Waals surface area (Å²) in [6.45, 7) is 6.32. The van der Waals surface area contributed by atoms with Crippen LogP contribution in [0.1, 0.15) is 30.9 Å². The van der Waals surface area contributed by atoms with Crippen molar-refractivity contribution < 1.29 is 9.53 Å². The molecule has 1 aromatic heterocycles. The lowest BCUT2D eigenvalue weighted by Gasteiger charge is -2.13. The van der Waals surface area contributed by atoms with Crippen molar-refractivity contribution in [1.82, 2.24) is 15.4 Å². The maximum Gasteiger partial charge on any atom is 0.225 e. The summed E-state index contributed by atoms with van der Waals surface area (Å²) in [5, 5.41) is 0. The van der Waals surface area contributed by atoms with Crippen LogP contribution in [0, 0.1) is 6.92 Å². The molecule has 0 radical (unpaired) electrons. The van der Waals surface area contributed by atoms with Crippen molar-refractivity contribution in [3.63, 3.8) is 0 Å². The van der Waals surface area contributed by atoms with Crippen LogP contribution in [0.25, 0.3) is 11.4 Å². The van der Waals surface area contributed by atoms with E-state index >= 15 is 0 Å². The van der Waals surface area contributed by atoms with E-state index in [-0.39, 0.29) is 0 Å². The Hall–Kier alpha value is -3.41. The van der Waals surface area contributed by atoms with Gasteiger partial charge >= 0.3 is 0 Å². The fourth-order valence-corrected chi connectivity index (χ4v) is 2.65. The van der Waals surface area contributed by atoms with Crippen LogP contribution < -0.4 is 15.6 Å². The van der Waals surface area contributed by atoms with Gasteiger partial charge in [-0.25, -0.2) is 4.98 Å². The largest absolute Gasteiger partial charge is 0.439 e. The van der Waals surface area contributed by atoms with Gasteiger partial charge in [-0.15, -0.1) is 0 Å². The van der Waals surface area contributed by atoms with Crippen molar-refractivity contribution >= 4 is 12.2 Å². The second-order valence-corrected chi connectivity index (χ2v) is 6.50. The molecule has 6 heteroatoms. The van der Waals surface area contributed by atoms with Gasteiger partial charge in [0.05, 0.1) is 0 Å². The van der Waals surface area contributed by atoms with E-state index in [1.165, 1.54) is 5.56 Å². The molecule has 0 aliphatic heterocycles. The maximum atomic E-state index is 10.6. The maximum absolute atomic E-state index is 10.6. The number of benzene rings is 2. The number of carbonyl (C=O) groups is 1. The van der Waals surface area contributed by atoms with Crippen molar-refractivity contribution in [1.29, 1.82) is 0 Å². The fraction of sp³-hybridized carbons (Fsp3) is 0.190. The Kier molecular flexibility index (Phi) is 5.66. The van der Waals surface area contributed by atoms with E-state index in [4.69, 9.17) is 4.74 Å². The Labute approximate surface area is 158 Å². The normalized spacial score (nSPS) is 10.5. The molecule has 0 bridgehead atoms. The zero-order chi connectivity index (χ0) is 19.2. The Morgan fingerprint density at radius 2 is 1.81 bits per heavy atom. The average Bonchev–Trinajstić information content (AvgIpc) is 2.66. The lowest BCUT2D eigenvalue weighted by Crippen LogP contribution is -2.20. The minimum Gasteiger partial charge on any atom is -0.439 e. The van der Waals surface area contributed by atoms with E-state index in [2.05, 4.69) is 40.7 Å². The molecule has 0 saturated carbocycles. The van der Waals surface area contributed by atoms with Gasteiger partial charge in [0.2, 0.25) is 12.3 Å². The van der Waals surface area contributed by atoms with Crippen molar-refractivity contribution in [2.45, 2.75) is 26.7 Å². The first kappa shape index (κ1) is 18.4. The summed E-state index contributed by atoms with van der Waals surface area (Å²) in [4.78, 5) is 19.5. The van der Waals surface area contributed by atoms with Crippen LogP contribution in [0.5, 0.6) is 11.6 Å². The highest BCUT2D eigenvalue weighted by atomic mass is 16.5. The third-order valence-corrected chi connectivity index (χ3v) is 3.96. The Bertz CT molecular complexity index is 927. The highest BCUT2D eigenvalue weighted by molar-refractivity contribution is 5.59. The van der Waals surface area contributed by atoms with Crippen molar-refractivity contribution in [3.05, 3.63) is 65.7 Å². The predicted octanol–water partition coefficient (Wildman–Crippen LogP) is 4.44. The average molecular weight is 362 g/mol. The molecule has 0 aliphatic rings. The summed E-state index contributed by atoms with van der Waals surface area (Å²) < 4.78 is 6.03. The number of anilines is 1. The number of ether oxygens (including phenoxy) is 1. The first-order valence-corrected chi connectivity index (χ1v) is 8.74. The molecule has 0 aliphatic carbocycles. The molecular weight excluding hydrogens is 340 g/mol. The number of hydrazine groups is 1. The molecule has 27 heavy (non-hydrogen) atoms. The molecule has 0 spiro atoms. The molecule has 0 atom stereocenters. The highest BCUT2D eigenvalue weighted by Gasteiger charge is 2.10. The number of aryl methyl sites for hydroxylation is 1. The van der Waals surface area contributed by atoms with Gasteiger partial charge in [-0.3, -0.25) is 15.6 Å². The summed E-state index contributed by atoms with van der Waals surface area (Å²) in [6.07, 6.45) is 0.542. The smallest absolute Gasteiger partial charge is 0.225 e. The van der Waals surface area contributed by atoms with Crippen LogP contribution in [-0.4, -0.2) is 16.4 Å². The van der Waals surface area contributed by atoms with Crippen LogP contribution in [0.4, 0.5) is 5.82 Å². The van der Waals surface area contributed by atoms with Gasteiger partial charge in [0.15, 0.2) is 11.6 Å². The molecule has 3 rings (SSSR count). The van der Waals surface area contributed by atoms with Crippen LogP contribution in [0.3, 0.4) is 0 Å². The number of carbonyl (C=O) groups excluding carboxylic acids is 1. The minimum absolute atomic E-state index is 0.388. The quantitative estimate of drug-likeness (QED) is 0.480. The molecule has 3 aromatic rings. The number of nitrogens with zero attached hydrogens (tertiary/aromatic N) is 2. The van der Waals surface area contributed by atoms with Gasteiger partial charge in [-0.05, 0) is 36.1 Å². The number of hydrogen-bond donors (Lipinski definition) is 2. The van der Waals surface area contributed by atoms with Crippen molar-refractivity contribution in [2.75, 3.05) is 5.43 Å². The number of nitrogens with one attached hydrogen (secondary N) is 2. The topological polar surface area (TPSA) is 76.1 Å². The molecule has 0 unspecified atom stereocenters. The molecule has 6 nitrogen and oxygen atoms in total. The van der Waals surface area contributed by atoms with Crippen LogP contribution >= 0.6 is 0 Å². The first-order chi connectivity index (χ1) is 13.0. The van der Waals surface area contributed by atoms with Gasteiger partial charge in [-0.2, -0.15) is 4.98 Å². The van der Waals surface area contributed by atoms with Crippen LogP contribution in [0.15, 0.2) is 54.6 Å². The number of amides is 1. The van der Waals surface area contributed by atoms with Crippen LogP contribution in [0.2, 0.25) is 0 Å². The van der Waals surface area contributed by atoms with E-state index in [1.54, 1.807) is 6.07 Å². The number of rotatable bonds is 7. The van der Waals surface area contributed by atoms with E-state index in [1.807, 2.05) is 49.4 Å². The standard InChI is InChI=1S/C21H22N4O2/c1-14(2)17-9-15(3)10-18(11-17)27-20-12-19(25-22-13-26)23-21(24-20)16-7-5-4-6-8-16/h4-14H,1-3H3,(H,22,26)(H,23,24,25). The van der Waals surface area contributed by atoms with Crippen molar-refractivity contribution in [3.8, 4) is 23.0 Å². The number of aromatic nitrogens is 2. The Morgan fingerprint density at radius 1 is 1.04 bits per heavy atom. The molecule has 1 amide bonds. The SMILES string of the molecule is Cc1cc(Oc2cc(NNC=O)nc(-c3ccccc3)n2)cc(C(C)C)c1. The molecular formula is C21H22N4O2. The molecule has 0 fully saturated rings. The first-order valence-electron chi connectivity index (χ1n) is 8.74. The number of hydrogen-bond acceptors (Lipinski definition) is 5. The van der Waals surface area contributed by atoms with Gasteiger partial charge < -0.3 is 4.74 Å². The monoisotopic (exact) mass is 362 g/mol. The van der Waals surface area contributed by atoms with Gasteiger partial charge in [0.1, 0.15) is 5.75 Å². The molecule has 2 aromatic carbocycles. The Morgan fingerprint density at radius 3 is 2.52 bits per heavy atom. The van der Waals surface area contributed by atoms with E-state index in [9.17, 15) is 4.79 Å². The lowest BCUT2D eigenvalue weighted by atomic mass is 10.0. The lowest BCUT2D eigenvalue weighted by molar-refractivity contribution is -0.109. The van der Waals surface area contributed by atoms with E-state index < -0.39 is 0 Å². The summed E-state index contributed by atoms with van der Waals surface area (Å²) >= 11 is 0. The summed E-state index contributed by atoms with van der Waals surface area (Å²) in [6, 6.07) is 17.4. The summed E-state index contributed by atoms with van der Waals surface area (Å²) in [7, 11) is 0. The zero-order valence-corrected chi connectivity index (χ0v) is 15.6. The molecule has 0 saturated heterocycles. The fourth-order valence-electron chi connectivity index (χ4n) is 2.65. The Balaban J connectivity index is 1.98. The van der Waals surface area contributed by atoms with E-state index in [0.29, 0.717) is 35.6 Å². The van der Waals surface area contributed by atoms with Crippen molar-refractivity contribution in [2.24, 2.45) is 0 Å². The predicted molar refractivity (Wildman–Crippen MR) is 106 cm³/mol. The van der Waals surface area contributed by atoms with E-state index in [0.717, 1.165) is 11.1 Å². The molecule has 138 valence electrons. The third-order valence-electron chi connectivity index (χ3n) is 3.96. The molecule has 1 heterocycles. The summed E-state index contributed by atoms with van der Waals surface area (Å²) in [5.74, 6) is 2.43. The molecule has 2 N–H and O–H groups in total. The van der Waals surface area contributed by atoms with Gasteiger partial charge in [0.25, 0.3) is 0 Å². The zero-order valence-electron chi connectivity index (χ0n) is 15.6. The minimum atomic E-state index is 0.388.